The van der Waals surface area contributed by atoms with Crippen molar-refractivity contribution in [2.24, 2.45) is 5.92 Å². The Bertz CT molecular complexity index is 845. The number of pyridine rings is 1. The molecule has 0 aromatic carbocycles. The largest absolute Gasteiger partial charge is 0.356 e. The first-order chi connectivity index (χ1) is 11.5. The van der Waals surface area contributed by atoms with Crippen LogP contribution in [0, 0.1) is 5.92 Å². The molecule has 0 spiro atoms. The summed E-state index contributed by atoms with van der Waals surface area (Å²) in [7, 11) is -3.13. The summed E-state index contributed by atoms with van der Waals surface area (Å²) >= 11 is 0. The highest BCUT2D eigenvalue weighted by atomic mass is 32.2. The minimum atomic E-state index is -3.13. The van der Waals surface area contributed by atoms with Gasteiger partial charge in [-0.25, -0.2) is 8.42 Å². The molecule has 126 valence electrons. The molecular weight excluding hydrogens is 332 g/mol. The highest BCUT2D eigenvalue weighted by Crippen LogP contribution is 2.18. The van der Waals surface area contributed by atoms with Crippen LogP contribution < -0.4 is 5.32 Å². The fourth-order valence-electron chi connectivity index (χ4n) is 2.36. The second-order valence-corrected chi connectivity index (χ2v) is 7.41. The van der Waals surface area contributed by atoms with Gasteiger partial charge in [0.05, 0.1) is 5.75 Å². The van der Waals surface area contributed by atoms with Crippen molar-refractivity contribution in [2.75, 3.05) is 12.3 Å². The number of aromatic nitrogens is 3. The summed E-state index contributed by atoms with van der Waals surface area (Å²) in [6, 6.07) is 3.61. The smallest absolute Gasteiger partial charge is 0.228 e. The molecule has 1 N–H and O–H groups in total. The predicted octanol–water partition coefficient (Wildman–Crippen LogP) is 0.739. The first kappa shape index (κ1) is 16.3. The number of carbonyl (C=O) groups excluding carboxylic acids is 1. The summed E-state index contributed by atoms with van der Waals surface area (Å²) in [4.78, 5) is 20.0. The number of allylic oxidation sites excluding steroid dienone is 1. The maximum Gasteiger partial charge on any atom is 0.228 e. The van der Waals surface area contributed by atoms with Crippen molar-refractivity contribution in [3.05, 3.63) is 41.9 Å². The molecule has 0 aliphatic carbocycles. The van der Waals surface area contributed by atoms with Crippen LogP contribution in [0.4, 0.5) is 0 Å². The number of hydrogen-bond acceptors (Lipinski definition) is 7. The van der Waals surface area contributed by atoms with Crippen LogP contribution in [0.5, 0.6) is 0 Å². The van der Waals surface area contributed by atoms with Crippen LogP contribution >= 0.6 is 0 Å². The third-order valence-electron chi connectivity index (χ3n) is 3.50. The number of carbonyl (C=O) groups is 1. The average Bonchev–Trinajstić information content (AvgIpc) is 3.15. The molecule has 3 heterocycles. The molecule has 1 amide bonds. The Hall–Kier alpha value is -2.55. The van der Waals surface area contributed by atoms with Crippen molar-refractivity contribution in [2.45, 2.75) is 12.8 Å². The molecule has 9 heteroatoms. The van der Waals surface area contributed by atoms with Crippen LogP contribution in [0.1, 0.15) is 12.3 Å². The van der Waals surface area contributed by atoms with E-state index in [1.807, 2.05) is 6.07 Å². The molecule has 0 bridgehead atoms. The first-order valence-electron chi connectivity index (χ1n) is 7.42. The number of hydrogen-bond donors (Lipinski definition) is 1. The Labute approximate surface area is 138 Å². The molecule has 8 nitrogen and oxygen atoms in total. The summed E-state index contributed by atoms with van der Waals surface area (Å²) in [6.45, 7) is 0.344. The monoisotopic (exact) mass is 348 g/mol. The van der Waals surface area contributed by atoms with Gasteiger partial charge in [0.2, 0.25) is 17.6 Å². The summed E-state index contributed by atoms with van der Waals surface area (Å²) in [5.74, 6) is 0.408. The lowest BCUT2D eigenvalue weighted by molar-refractivity contribution is -0.121. The third-order valence-corrected chi connectivity index (χ3v) is 4.97. The quantitative estimate of drug-likeness (QED) is 0.818. The number of nitrogens with one attached hydrogen (secondary N) is 1. The number of sulfone groups is 1. The zero-order valence-electron chi connectivity index (χ0n) is 12.8. The van der Waals surface area contributed by atoms with Crippen molar-refractivity contribution in [1.29, 1.82) is 0 Å². The van der Waals surface area contributed by atoms with Crippen molar-refractivity contribution < 1.29 is 17.7 Å². The molecule has 1 aliphatic heterocycles. The van der Waals surface area contributed by atoms with Crippen LogP contribution in [-0.2, 0) is 21.1 Å². The van der Waals surface area contributed by atoms with Gasteiger partial charge in [-0.3, -0.25) is 9.78 Å². The topological polar surface area (TPSA) is 115 Å². The SMILES string of the molecule is O=C(CC1C=CS(=O)(=O)C1)NCCc1nc(-c2cccnc2)no1. The number of amides is 1. The summed E-state index contributed by atoms with van der Waals surface area (Å²) < 4.78 is 27.7. The van der Waals surface area contributed by atoms with Crippen molar-refractivity contribution in [1.82, 2.24) is 20.4 Å². The fraction of sp³-hybridized carbons (Fsp3) is 0.333. The van der Waals surface area contributed by atoms with Gasteiger partial charge in [-0.05, 0) is 12.1 Å². The molecule has 1 atom stereocenters. The molecule has 1 aliphatic rings. The molecule has 0 saturated carbocycles. The van der Waals surface area contributed by atoms with Crippen molar-refractivity contribution in [3.8, 4) is 11.4 Å². The standard InChI is InChI=1S/C15H16N4O4S/c20-13(8-11-4-7-24(21,22)10-11)17-6-3-14-18-15(19-23-14)12-2-1-5-16-9-12/h1-2,4-5,7,9,11H,3,6,8,10H2,(H,17,20). The van der Waals surface area contributed by atoms with Gasteiger partial charge in [-0.1, -0.05) is 11.2 Å². The maximum atomic E-state index is 11.8. The summed E-state index contributed by atoms with van der Waals surface area (Å²) in [5, 5.41) is 7.77. The predicted molar refractivity (Wildman–Crippen MR) is 85.3 cm³/mol. The van der Waals surface area contributed by atoms with Gasteiger partial charge in [0.25, 0.3) is 0 Å². The van der Waals surface area contributed by atoms with Gasteiger partial charge in [-0.15, -0.1) is 0 Å². The third kappa shape index (κ3) is 4.25. The van der Waals surface area contributed by atoms with Crippen molar-refractivity contribution >= 4 is 15.7 Å². The molecule has 2 aromatic heterocycles. The van der Waals surface area contributed by atoms with E-state index in [0.29, 0.717) is 24.7 Å². The van der Waals surface area contributed by atoms with Gasteiger partial charge in [-0.2, -0.15) is 4.98 Å². The van der Waals surface area contributed by atoms with E-state index in [0.717, 1.165) is 5.56 Å². The minimum absolute atomic E-state index is 0.00144. The van der Waals surface area contributed by atoms with Gasteiger partial charge in [0.15, 0.2) is 9.84 Å². The second-order valence-electron chi connectivity index (χ2n) is 5.48. The molecule has 0 saturated heterocycles. The lowest BCUT2D eigenvalue weighted by Gasteiger charge is -2.06. The molecule has 1 unspecified atom stereocenters. The van der Waals surface area contributed by atoms with E-state index in [9.17, 15) is 13.2 Å². The van der Waals surface area contributed by atoms with E-state index in [4.69, 9.17) is 4.52 Å². The van der Waals surface area contributed by atoms with E-state index in [2.05, 4.69) is 20.4 Å². The highest BCUT2D eigenvalue weighted by molar-refractivity contribution is 7.94. The summed E-state index contributed by atoms with van der Waals surface area (Å²) in [5.41, 5.74) is 0.755. The first-order valence-corrected chi connectivity index (χ1v) is 9.14. The van der Waals surface area contributed by atoms with E-state index < -0.39 is 9.84 Å². The van der Waals surface area contributed by atoms with Gasteiger partial charge in [0, 0.05) is 48.7 Å². The average molecular weight is 348 g/mol. The Morgan fingerprint density at radius 1 is 1.42 bits per heavy atom. The van der Waals surface area contributed by atoms with Crippen LogP contribution in [0.25, 0.3) is 11.4 Å². The van der Waals surface area contributed by atoms with Gasteiger partial charge < -0.3 is 9.84 Å². The molecule has 0 radical (unpaired) electrons. The Balaban J connectivity index is 1.44. The maximum absolute atomic E-state index is 11.8. The normalized spacial score (nSPS) is 18.6. The van der Waals surface area contributed by atoms with Crippen LogP contribution in [0.2, 0.25) is 0 Å². The van der Waals surface area contributed by atoms with Gasteiger partial charge >= 0.3 is 0 Å². The van der Waals surface area contributed by atoms with E-state index in [1.54, 1.807) is 24.5 Å². The van der Waals surface area contributed by atoms with Gasteiger partial charge in [0.1, 0.15) is 0 Å². The minimum Gasteiger partial charge on any atom is -0.356 e. The zero-order chi connectivity index (χ0) is 17.0. The van der Waals surface area contributed by atoms with Crippen molar-refractivity contribution in [3.63, 3.8) is 0 Å². The Morgan fingerprint density at radius 2 is 2.29 bits per heavy atom. The van der Waals surface area contributed by atoms with E-state index in [1.165, 1.54) is 5.41 Å². The van der Waals surface area contributed by atoms with Crippen LogP contribution in [-0.4, -0.2) is 41.7 Å². The van der Waals surface area contributed by atoms with Crippen LogP contribution in [0.15, 0.2) is 40.5 Å². The zero-order valence-corrected chi connectivity index (χ0v) is 13.6. The highest BCUT2D eigenvalue weighted by Gasteiger charge is 2.23. The molecule has 24 heavy (non-hydrogen) atoms. The van der Waals surface area contributed by atoms with E-state index in [-0.39, 0.29) is 24.0 Å². The second kappa shape index (κ2) is 6.91. The lowest BCUT2D eigenvalue weighted by atomic mass is 10.1. The molecule has 3 rings (SSSR count). The van der Waals surface area contributed by atoms with E-state index >= 15 is 0 Å². The summed E-state index contributed by atoms with van der Waals surface area (Å²) in [6.07, 6.45) is 5.41. The molecular formula is C15H16N4O4S. The Morgan fingerprint density at radius 3 is 3.00 bits per heavy atom. The Kier molecular flexibility index (Phi) is 4.70. The molecule has 2 aromatic rings. The fourth-order valence-corrected chi connectivity index (χ4v) is 3.75. The lowest BCUT2D eigenvalue weighted by Crippen LogP contribution is -2.28. The van der Waals surface area contributed by atoms with Crippen LogP contribution in [0.3, 0.4) is 0 Å². The molecule has 0 fully saturated rings. The number of rotatable bonds is 6. The number of nitrogens with zero attached hydrogens (tertiary/aromatic N) is 3.